The van der Waals surface area contributed by atoms with E-state index in [9.17, 15) is 4.39 Å². The van der Waals surface area contributed by atoms with Crippen molar-refractivity contribution in [2.24, 2.45) is 0 Å². The Morgan fingerprint density at radius 1 is 1.23 bits per heavy atom. The normalized spacial score (nSPS) is 15.3. The van der Waals surface area contributed by atoms with Crippen molar-refractivity contribution in [3.8, 4) is 11.4 Å². The fourth-order valence-corrected chi connectivity index (χ4v) is 4.06. The quantitative estimate of drug-likeness (QED) is 0.477. The third-order valence-electron chi connectivity index (χ3n) is 5.67. The van der Waals surface area contributed by atoms with Crippen LogP contribution in [0, 0.1) is 5.82 Å². The highest BCUT2D eigenvalue weighted by Gasteiger charge is 2.22. The summed E-state index contributed by atoms with van der Waals surface area (Å²) in [5.74, 6) is 1.11. The van der Waals surface area contributed by atoms with Gasteiger partial charge in [0.15, 0.2) is 17.3 Å². The predicted molar refractivity (Wildman–Crippen MR) is 120 cm³/mol. The lowest BCUT2D eigenvalue weighted by Crippen LogP contribution is -2.11. The molecule has 0 fully saturated rings. The van der Waals surface area contributed by atoms with E-state index in [0.29, 0.717) is 28.6 Å². The van der Waals surface area contributed by atoms with Crippen molar-refractivity contribution < 1.29 is 4.39 Å². The fraction of sp³-hybridized carbons (Fsp3) is 0.304. The average molecular weight is 417 g/mol. The van der Waals surface area contributed by atoms with Gasteiger partial charge in [-0.15, -0.1) is 0 Å². The van der Waals surface area contributed by atoms with Crippen LogP contribution >= 0.6 is 0 Å². The molecule has 5 rings (SSSR count). The molecule has 1 aliphatic rings. The SMILES string of the molecule is CC(C)n1cnc2c(NCCC3CNc4ccccc43)nc(-c3cncc(F)c3)nc21. The van der Waals surface area contributed by atoms with Gasteiger partial charge in [-0.1, -0.05) is 18.2 Å². The number of anilines is 2. The number of para-hydroxylation sites is 1. The van der Waals surface area contributed by atoms with E-state index in [-0.39, 0.29) is 6.04 Å². The van der Waals surface area contributed by atoms with Crippen molar-refractivity contribution in [1.82, 2.24) is 24.5 Å². The number of nitrogens with zero attached hydrogens (tertiary/aromatic N) is 5. The summed E-state index contributed by atoms with van der Waals surface area (Å²) in [4.78, 5) is 17.8. The zero-order valence-corrected chi connectivity index (χ0v) is 17.5. The lowest BCUT2D eigenvalue weighted by molar-refractivity contribution is 0.612. The second-order valence-electron chi connectivity index (χ2n) is 8.09. The molecule has 0 amide bonds. The number of benzene rings is 1. The van der Waals surface area contributed by atoms with Crippen molar-refractivity contribution in [2.45, 2.75) is 32.2 Å². The van der Waals surface area contributed by atoms with E-state index in [2.05, 4.69) is 68.7 Å². The highest BCUT2D eigenvalue weighted by Crippen LogP contribution is 2.33. The van der Waals surface area contributed by atoms with Crippen molar-refractivity contribution in [1.29, 1.82) is 0 Å². The van der Waals surface area contributed by atoms with Crippen molar-refractivity contribution >= 4 is 22.7 Å². The van der Waals surface area contributed by atoms with Crippen molar-refractivity contribution in [3.63, 3.8) is 0 Å². The number of hydrogen-bond acceptors (Lipinski definition) is 6. The van der Waals surface area contributed by atoms with Crippen LogP contribution in [0.3, 0.4) is 0 Å². The molecule has 0 aliphatic carbocycles. The Morgan fingerprint density at radius 3 is 2.94 bits per heavy atom. The molecule has 31 heavy (non-hydrogen) atoms. The number of imidazole rings is 1. The second-order valence-corrected chi connectivity index (χ2v) is 8.09. The summed E-state index contributed by atoms with van der Waals surface area (Å²) < 4.78 is 15.7. The third-order valence-corrected chi connectivity index (χ3v) is 5.67. The molecule has 0 spiro atoms. The summed E-state index contributed by atoms with van der Waals surface area (Å²) in [6, 6.07) is 10.0. The van der Waals surface area contributed by atoms with E-state index in [1.54, 1.807) is 12.5 Å². The van der Waals surface area contributed by atoms with Gasteiger partial charge in [0.25, 0.3) is 0 Å². The smallest absolute Gasteiger partial charge is 0.166 e. The number of aromatic nitrogens is 5. The zero-order valence-electron chi connectivity index (χ0n) is 17.5. The first-order valence-corrected chi connectivity index (χ1v) is 10.5. The Hall–Kier alpha value is -3.55. The van der Waals surface area contributed by atoms with Crippen molar-refractivity contribution in [3.05, 3.63) is 60.4 Å². The van der Waals surface area contributed by atoms with E-state index in [4.69, 9.17) is 0 Å². The Bertz CT molecular complexity index is 1230. The molecule has 0 bridgehead atoms. The maximum atomic E-state index is 13.8. The Labute approximate surface area is 179 Å². The molecule has 2 N–H and O–H groups in total. The molecule has 0 saturated heterocycles. The molecular formula is C23H24FN7. The number of pyridine rings is 1. The van der Waals surface area contributed by atoms with E-state index >= 15 is 0 Å². The topological polar surface area (TPSA) is 80.5 Å². The highest BCUT2D eigenvalue weighted by atomic mass is 19.1. The molecule has 8 heteroatoms. The first-order chi connectivity index (χ1) is 15.1. The van der Waals surface area contributed by atoms with Gasteiger partial charge in [0.1, 0.15) is 11.3 Å². The maximum Gasteiger partial charge on any atom is 0.166 e. The van der Waals surface area contributed by atoms with Gasteiger partial charge in [-0.05, 0) is 38.0 Å². The minimum atomic E-state index is -0.416. The van der Waals surface area contributed by atoms with Gasteiger partial charge in [-0.25, -0.2) is 19.3 Å². The standard InChI is InChI=1S/C23H24FN7/c1-14(2)31-13-28-20-22(26-8-7-15-11-27-19-6-4-3-5-18(15)19)29-21(30-23(20)31)16-9-17(24)12-25-10-16/h3-6,9-10,12-15,27H,7-8,11H2,1-2H3,(H,26,29,30). The van der Waals surface area contributed by atoms with E-state index < -0.39 is 5.82 Å². The lowest BCUT2D eigenvalue weighted by atomic mass is 9.98. The lowest BCUT2D eigenvalue weighted by Gasteiger charge is -2.13. The minimum Gasteiger partial charge on any atom is -0.384 e. The largest absolute Gasteiger partial charge is 0.384 e. The van der Waals surface area contributed by atoms with Gasteiger partial charge in [0.05, 0.1) is 12.5 Å². The van der Waals surface area contributed by atoms with Crippen LogP contribution in [0.2, 0.25) is 0 Å². The van der Waals surface area contributed by atoms with Crippen LogP contribution < -0.4 is 10.6 Å². The number of nitrogens with one attached hydrogen (secondary N) is 2. The molecule has 1 aromatic carbocycles. The van der Waals surface area contributed by atoms with Gasteiger partial charge >= 0.3 is 0 Å². The molecule has 0 saturated carbocycles. The number of fused-ring (bicyclic) bond motifs is 2. The van der Waals surface area contributed by atoms with Gasteiger partial charge in [0.2, 0.25) is 0 Å². The molecule has 7 nitrogen and oxygen atoms in total. The molecule has 0 radical (unpaired) electrons. The summed E-state index contributed by atoms with van der Waals surface area (Å²) in [5.41, 5.74) is 4.54. The minimum absolute atomic E-state index is 0.187. The molecule has 3 aromatic heterocycles. The second kappa shape index (κ2) is 7.94. The number of hydrogen-bond donors (Lipinski definition) is 2. The summed E-state index contributed by atoms with van der Waals surface area (Å²) in [7, 11) is 0. The van der Waals surface area contributed by atoms with Gasteiger partial charge in [0, 0.05) is 42.5 Å². The zero-order chi connectivity index (χ0) is 21.4. The Kier molecular flexibility index (Phi) is 4.97. The van der Waals surface area contributed by atoms with Gasteiger partial charge < -0.3 is 15.2 Å². The van der Waals surface area contributed by atoms with E-state index in [1.807, 2.05) is 4.57 Å². The molecule has 4 aromatic rings. The Morgan fingerprint density at radius 2 is 2.10 bits per heavy atom. The van der Waals surface area contributed by atoms with Gasteiger partial charge in [-0.2, -0.15) is 0 Å². The highest BCUT2D eigenvalue weighted by molar-refractivity contribution is 5.85. The number of rotatable bonds is 6. The molecule has 1 aliphatic heterocycles. The first kappa shape index (κ1) is 19.4. The van der Waals surface area contributed by atoms with Crippen molar-refractivity contribution in [2.75, 3.05) is 23.7 Å². The molecule has 4 heterocycles. The molecule has 1 unspecified atom stereocenters. The predicted octanol–water partition coefficient (Wildman–Crippen LogP) is 4.62. The molecular weight excluding hydrogens is 393 g/mol. The van der Waals surface area contributed by atoms with Crippen LogP contribution in [0.5, 0.6) is 0 Å². The number of halogens is 1. The fourth-order valence-electron chi connectivity index (χ4n) is 4.06. The van der Waals surface area contributed by atoms with Crippen LogP contribution in [0.1, 0.15) is 37.8 Å². The van der Waals surface area contributed by atoms with Crippen LogP contribution in [-0.4, -0.2) is 37.6 Å². The summed E-state index contributed by atoms with van der Waals surface area (Å²) >= 11 is 0. The van der Waals surface area contributed by atoms with Gasteiger partial charge in [-0.3, -0.25) is 4.98 Å². The van der Waals surface area contributed by atoms with E-state index in [1.165, 1.54) is 23.5 Å². The Balaban J connectivity index is 1.44. The van der Waals surface area contributed by atoms with Crippen LogP contribution in [0.4, 0.5) is 15.9 Å². The third kappa shape index (κ3) is 3.69. The first-order valence-electron chi connectivity index (χ1n) is 10.5. The average Bonchev–Trinajstić information content (AvgIpc) is 3.38. The monoisotopic (exact) mass is 417 g/mol. The van der Waals surface area contributed by atoms with Crippen LogP contribution in [0.15, 0.2) is 49.1 Å². The van der Waals surface area contributed by atoms with Crippen LogP contribution in [-0.2, 0) is 0 Å². The molecule has 158 valence electrons. The summed E-state index contributed by atoms with van der Waals surface area (Å²) in [6.45, 7) is 5.82. The summed E-state index contributed by atoms with van der Waals surface area (Å²) in [5, 5.41) is 6.92. The maximum absolute atomic E-state index is 13.8. The van der Waals surface area contributed by atoms with E-state index in [0.717, 1.165) is 25.2 Å². The van der Waals surface area contributed by atoms with Crippen LogP contribution in [0.25, 0.3) is 22.6 Å². The summed E-state index contributed by atoms with van der Waals surface area (Å²) in [6.07, 6.45) is 5.48. The molecule has 1 atom stereocenters.